The highest BCUT2D eigenvalue weighted by Crippen LogP contribution is 2.50. The summed E-state index contributed by atoms with van der Waals surface area (Å²) in [5, 5.41) is 9.15. The monoisotopic (exact) mass is 239 g/mol. The minimum Gasteiger partial charge on any atom is -0.449 e. The lowest BCUT2D eigenvalue weighted by molar-refractivity contribution is -0.0796. The van der Waals surface area contributed by atoms with Crippen LogP contribution in [0.15, 0.2) is 0 Å². The molecule has 0 radical (unpaired) electrons. The van der Waals surface area contributed by atoms with Gasteiger partial charge in [0, 0.05) is 18.6 Å². The van der Waals surface area contributed by atoms with E-state index >= 15 is 0 Å². The first-order valence-corrected chi connectivity index (χ1v) is 6.85. The number of carbonyl (C=O) groups is 1. The zero-order valence-corrected chi connectivity index (χ0v) is 10.2. The maximum Gasteiger partial charge on any atom is 0.410 e. The number of hydrogen-bond acceptors (Lipinski definition) is 3. The summed E-state index contributed by atoms with van der Waals surface area (Å²) in [5.74, 6) is 0.529. The fourth-order valence-corrected chi connectivity index (χ4v) is 4.26. The first-order chi connectivity index (χ1) is 8.28. The van der Waals surface area contributed by atoms with E-state index < -0.39 is 0 Å². The quantitative estimate of drug-likeness (QED) is 0.801. The standard InChI is InChI=1S/C13H21NO3/c15-8-5-11-4-2-7-13-6-1-3-10(13)9-17-12(16)14(11)13/h10-11,15H,1-9H2/t10-,11-,13+/m1/s1. The summed E-state index contributed by atoms with van der Waals surface area (Å²) in [6.07, 6.45) is 7.43. The fourth-order valence-electron chi connectivity index (χ4n) is 4.26. The molecule has 3 fully saturated rings. The Balaban J connectivity index is 1.92. The summed E-state index contributed by atoms with van der Waals surface area (Å²) in [6.45, 7) is 0.774. The summed E-state index contributed by atoms with van der Waals surface area (Å²) in [4.78, 5) is 14.1. The normalized spacial score (nSPS) is 40.8. The summed E-state index contributed by atoms with van der Waals surface area (Å²) in [7, 11) is 0. The van der Waals surface area contributed by atoms with Crippen LogP contribution in [0.5, 0.6) is 0 Å². The Hall–Kier alpha value is -0.770. The Morgan fingerprint density at radius 3 is 2.88 bits per heavy atom. The van der Waals surface area contributed by atoms with Crippen molar-refractivity contribution < 1.29 is 14.6 Å². The molecule has 2 aliphatic heterocycles. The van der Waals surface area contributed by atoms with Crippen molar-refractivity contribution in [2.45, 2.75) is 56.5 Å². The molecule has 1 saturated carbocycles. The Bertz CT molecular complexity index is 318. The lowest BCUT2D eigenvalue weighted by Crippen LogP contribution is -2.64. The van der Waals surface area contributed by atoms with E-state index in [1.54, 1.807) is 0 Å². The van der Waals surface area contributed by atoms with Gasteiger partial charge in [-0.05, 0) is 38.5 Å². The van der Waals surface area contributed by atoms with Crippen molar-refractivity contribution in [2.75, 3.05) is 13.2 Å². The topological polar surface area (TPSA) is 49.8 Å². The van der Waals surface area contributed by atoms with E-state index in [4.69, 9.17) is 9.84 Å². The molecule has 1 spiro atoms. The van der Waals surface area contributed by atoms with Crippen LogP contribution in [0.2, 0.25) is 0 Å². The van der Waals surface area contributed by atoms with Crippen LogP contribution in [-0.4, -0.2) is 40.9 Å². The Kier molecular flexibility index (Phi) is 2.77. The van der Waals surface area contributed by atoms with Crippen LogP contribution in [0.3, 0.4) is 0 Å². The number of amides is 1. The molecule has 0 aromatic carbocycles. The smallest absolute Gasteiger partial charge is 0.410 e. The molecule has 3 atom stereocenters. The van der Waals surface area contributed by atoms with Crippen molar-refractivity contribution in [3.05, 3.63) is 0 Å². The molecule has 17 heavy (non-hydrogen) atoms. The van der Waals surface area contributed by atoms with Crippen molar-refractivity contribution in [3.8, 4) is 0 Å². The molecule has 4 nitrogen and oxygen atoms in total. The summed E-state index contributed by atoms with van der Waals surface area (Å²) in [6, 6.07) is 0.196. The average Bonchev–Trinajstić information content (AvgIpc) is 2.72. The minimum absolute atomic E-state index is 0.0768. The zero-order chi connectivity index (χ0) is 11.9. The maximum atomic E-state index is 12.1. The Labute approximate surface area is 102 Å². The lowest BCUT2D eigenvalue weighted by atomic mass is 9.75. The van der Waals surface area contributed by atoms with E-state index in [1.165, 1.54) is 19.3 Å². The summed E-state index contributed by atoms with van der Waals surface area (Å²) >= 11 is 0. The number of nitrogens with zero attached hydrogens (tertiary/aromatic N) is 1. The maximum absolute atomic E-state index is 12.1. The molecule has 3 aliphatic rings. The zero-order valence-electron chi connectivity index (χ0n) is 10.2. The van der Waals surface area contributed by atoms with Crippen LogP contribution in [0.1, 0.15) is 44.9 Å². The van der Waals surface area contributed by atoms with E-state index in [9.17, 15) is 4.79 Å². The number of aliphatic hydroxyl groups is 1. The minimum atomic E-state index is -0.138. The molecule has 2 saturated heterocycles. The van der Waals surface area contributed by atoms with Gasteiger partial charge in [0.1, 0.15) is 0 Å². The van der Waals surface area contributed by atoms with E-state index in [-0.39, 0.29) is 24.3 Å². The van der Waals surface area contributed by atoms with Gasteiger partial charge < -0.3 is 9.84 Å². The average molecular weight is 239 g/mol. The lowest BCUT2D eigenvalue weighted by Gasteiger charge is -2.54. The van der Waals surface area contributed by atoms with E-state index in [1.807, 2.05) is 4.90 Å². The third kappa shape index (κ3) is 1.57. The molecular formula is C13H21NO3. The second-order valence-electron chi connectivity index (χ2n) is 5.70. The van der Waals surface area contributed by atoms with Gasteiger partial charge in [0.25, 0.3) is 0 Å². The van der Waals surface area contributed by atoms with Crippen molar-refractivity contribution in [2.24, 2.45) is 5.92 Å². The largest absolute Gasteiger partial charge is 0.449 e. The van der Waals surface area contributed by atoms with Crippen LogP contribution in [0, 0.1) is 5.92 Å². The van der Waals surface area contributed by atoms with Gasteiger partial charge in [0.2, 0.25) is 0 Å². The van der Waals surface area contributed by atoms with Crippen molar-refractivity contribution in [1.29, 1.82) is 0 Å². The summed E-state index contributed by atoms with van der Waals surface area (Å²) < 4.78 is 5.34. The summed E-state index contributed by atoms with van der Waals surface area (Å²) in [5.41, 5.74) is 0.0768. The van der Waals surface area contributed by atoms with Gasteiger partial charge in [0.15, 0.2) is 0 Å². The molecule has 0 aromatic heterocycles. The Morgan fingerprint density at radius 1 is 1.35 bits per heavy atom. The molecular weight excluding hydrogens is 218 g/mol. The molecule has 4 heteroatoms. The predicted molar refractivity (Wildman–Crippen MR) is 62.6 cm³/mol. The first kappa shape index (κ1) is 11.3. The first-order valence-electron chi connectivity index (χ1n) is 6.85. The van der Waals surface area contributed by atoms with Crippen LogP contribution in [0.4, 0.5) is 4.79 Å². The highest BCUT2D eigenvalue weighted by atomic mass is 16.6. The van der Waals surface area contributed by atoms with Crippen molar-refractivity contribution in [1.82, 2.24) is 4.90 Å². The molecule has 3 rings (SSSR count). The predicted octanol–water partition coefficient (Wildman–Crippen LogP) is 1.91. The third-order valence-corrected chi connectivity index (χ3v) is 4.98. The second kappa shape index (κ2) is 4.16. The molecule has 1 N–H and O–H groups in total. The van der Waals surface area contributed by atoms with Gasteiger partial charge in [-0.15, -0.1) is 0 Å². The fraction of sp³-hybridized carbons (Fsp3) is 0.923. The van der Waals surface area contributed by atoms with Gasteiger partial charge in [0.05, 0.1) is 12.1 Å². The molecule has 0 aromatic rings. The number of cyclic esters (lactones) is 1. The van der Waals surface area contributed by atoms with Crippen LogP contribution in [-0.2, 0) is 4.74 Å². The third-order valence-electron chi connectivity index (χ3n) is 4.98. The highest BCUT2D eigenvalue weighted by Gasteiger charge is 2.56. The number of aliphatic hydroxyl groups excluding tert-OH is 1. The second-order valence-corrected chi connectivity index (χ2v) is 5.70. The van der Waals surface area contributed by atoms with E-state index in [2.05, 4.69) is 0 Å². The van der Waals surface area contributed by atoms with Gasteiger partial charge in [-0.25, -0.2) is 4.79 Å². The molecule has 2 heterocycles. The number of hydrogen-bond donors (Lipinski definition) is 1. The molecule has 1 amide bonds. The van der Waals surface area contributed by atoms with Gasteiger partial charge >= 0.3 is 6.09 Å². The van der Waals surface area contributed by atoms with Gasteiger partial charge in [-0.1, -0.05) is 6.42 Å². The molecule has 1 aliphatic carbocycles. The van der Waals surface area contributed by atoms with Crippen LogP contribution < -0.4 is 0 Å². The van der Waals surface area contributed by atoms with Crippen molar-refractivity contribution >= 4 is 6.09 Å². The Morgan fingerprint density at radius 2 is 2.12 bits per heavy atom. The molecule has 0 bridgehead atoms. The van der Waals surface area contributed by atoms with Gasteiger partial charge in [-0.2, -0.15) is 0 Å². The molecule has 96 valence electrons. The number of ether oxygens (including phenoxy) is 1. The highest BCUT2D eigenvalue weighted by molar-refractivity contribution is 5.70. The van der Waals surface area contributed by atoms with Gasteiger partial charge in [-0.3, -0.25) is 4.90 Å². The van der Waals surface area contributed by atoms with E-state index in [0.29, 0.717) is 18.9 Å². The van der Waals surface area contributed by atoms with Crippen molar-refractivity contribution in [3.63, 3.8) is 0 Å². The SMILES string of the molecule is O=C1OC[C@H]2CCC[C@]23CCC[C@H](CCO)N13. The molecule has 0 unspecified atom stereocenters. The van der Waals surface area contributed by atoms with Crippen LogP contribution in [0.25, 0.3) is 0 Å². The van der Waals surface area contributed by atoms with E-state index in [0.717, 1.165) is 19.3 Å². The number of carbonyl (C=O) groups excluding carboxylic acids is 1. The van der Waals surface area contributed by atoms with Crippen LogP contribution >= 0.6 is 0 Å². The number of piperidine rings is 1. The number of rotatable bonds is 2.